The van der Waals surface area contributed by atoms with E-state index in [4.69, 9.17) is 4.42 Å². The molecule has 6 nitrogen and oxygen atoms in total. The number of aliphatic hydroxyl groups excluding tert-OH is 1. The molecule has 2 unspecified atom stereocenters. The summed E-state index contributed by atoms with van der Waals surface area (Å²) >= 11 is 0. The first-order chi connectivity index (χ1) is 12.1. The van der Waals surface area contributed by atoms with Crippen LogP contribution in [0.2, 0.25) is 0 Å². The maximum atomic E-state index is 12.8. The van der Waals surface area contributed by atoms with E-state index in [1.165, 1.54) is 0 Å². The van der Waals surface area contributed by atoms with Crippen molar-refractivity contribution in [2.75, 3.05) is 0 Å². The topological polar surface area (TPSA) is 88.2 Å². The van der Waals surface area contributed by atoms with E-state index in [-0.39, 0.29) is 5.91 Å². The fourth-order valence-corrected chi connectivity index (χ4v) is 3.24. The van der Waals surface area contributed by atoms with Gasteiger partial charge in [-0.15, -0.1) is 10.2 Å². The van der Waals surface area contributed by atoms with Crippen molar-refractivity contribution in [3.8, 4) is 11.5 Å². The second-order valence-corrected chi connectivity index (χ2v) is 6.09. The summed E-state index contributed by atoms with van der Waals surface area (Å²) in [5, 5.41) is 21.1. The molecular weight excluding hydrogens is 318 g/mol. The zero-order valence-corrected chi connectivity index (χ0v) is 13.6. The first kappa shape index (κ1) is 15.5. The molecule has 1 aromatic heterocycles. The molecule has 0 saturated heterocycles. The van der Waals surface area contributed by atoms with Crippen LogP contribution in [0, 0.1) is 6.92 Å². The second-order valence-electron chi connectivity index (χ2n) is 6.09. The summed E-state index contributed by atoms with van der Waals surface area (Å²) < 4.78 is 5.46. The lowest BCUT2D eigenvalue weighted by Crippen LogP contribution is -2.34. The van der Waals surface area contributed by atoms with Crippen LogP contribution >= 0.6 is 0 Å². The predicted octanol–water partition coefficient (Wildman–Crippen LogP) is 2.43. The SMILES string of the molecule is Cc1nnc(-c2ccccc2C(=O)NC2c3ccccc3CC2O)o1. The van der Waals surface area contributed by atoms with Crippen molar-refractivity contribution in [1.82, 2.24) is 15.5 Å². The highest BCUT2D eigenvalue weighted by molar-refractivity contribution is 6.00. The Morgan fingerprint density at radius 1 is 1.16 bits per heavy atom. The van der Waals surface area contributed by atoms with E-state index in [9.17, 15) is 9.90 Å². The molecule has 2 atom stereocenters. The Hall–Kier alpha value is -2.99. The highest BCUT2D eigenvalue weighted by atomic mass is 16.4. The number of nitrogens with zero attached hydrogens (tertiary/aromatic N) is 2. The molecule has 0 aliphatic heterocycles. The molecule has 0 bridgehead atoms. The molecule has 0 fully saturated rings. The van der Waals surface area contributed by atoms with Gasteiger partial charge in [0.2, 0.25) is 11.8 Å². The third-order valence-electron chi connectivity index (χ3n) is 4.42. The Kier molecular flexibility index (Phi) is 3.82. The number of rotatable bonds is 3. The van der Waals surface area contributed by atoms with E-state index in [2.05, 4.69) is 15.5 Å². The van der Waals surface area contributed by atoms with Gasteiger partial charge in [-0.25, -0.2) is 0 Å². The third kappa shape index (κ3) is 2.81. The number of hydrogen-bond acceptors (Lipinski definition) is 5. The third-order valence-corrected chi connectivity index (χ3v) is 4.42. The zero-order valence-electron chi connectivity index (χ0n) is 13.6. The van der Waals surface area contributed by atoms with Gasteiger partial charge in [0, 0.05) is 13.3 Å². The number of fused-ring (bicyclic) bond motifs is 1. The number of nitrogens with one attached hydrogen (secondary N) is 1. The van der Waals surface area contributed by atoms with E-state index in [1.807, 2.05) is 30.3 Å². The Bertz CT molecular complexity index is 935. The van der Waals surface area contributed by atoms with Crippen molar-refractivity contribution in [2.24, 2.45) is 0 Å². The van der Waals surface area contributed by atoms with Crippen LogP contribution in [0.5, 0.6) is 0 Å². The van der Waals surface area contributed by atoms with E-state index in [1.54, 1.807) is 25.1 Å². The van der Waals surface area contributed by atoms with Crippen molar-refractivity contribution in [2.45, 2.75) is 25.5 Å². The lowest BCUT2D eigenvalue weighted by atomic mass is 10.0. The molecule has 1 aliphatic carbocycles. The first-order valence-corrected chi connectivity index (χ1v) is 8.09. The van der Waals surface area contributed by atoms with Crippen molar-refractivity contribution in [3.05, 3.63) is 71.1 Å². The molecule has 1 amide bonds. The summed E-state index contributed by atoms with van der Waals surface area (Å²) in [6.07, 6.45) is -0.106. The zero-order chi connectivity index (χ0) is 17.4. The number of benzene rings is 2. The first-order valence-electron chi connectivity index (χ1n) is 8.09. The summed E-state index contributed by atoms with van der Waals surface area (Å²) in [6, 6.07) is 14.4. The minimum atomic E-state index is -0.640. The summed E-state index contributed by atoms with van der Waals surface area (Å²) in [5.41, 5.74) is 3.01. The molecule has 0 saturated carbocycles. The normalized spacial score (nSPS) is 18.8. The Balaban J connectivity index is 1.65. The van der Waals surface area contributed by atoms with Crippen molar-refractivity contribution < 1.29 is 14.3 Å². The largest absolute Gasteiger partial charge is 0.421 e. The van der Waals surface area contributed by atoms with Crippen LogP contribution in [-0.4, -0.2) is 27.3 Å². The van der Waals surface area contributed by atoms with Gasteiger partial charge in [-0.05, 0) is 23.3 Å². The average molecular weight is 335 g/mol. The van der Waals surface area contributed by atoms with Gasteiger partial charge in [0.25, 0.3) is 5.91 Å². The standard InChI is InChI=1S/C19H17N3O3/c1-11-21-22-19(25-11)15-9-5-4-8-14(15)18(24)20-17-13-7-3-2-6-12(13)10-16(17)23/h2-9,16-17,23H,10H2,1H3,(H,20,24). The van der Waals surface area contributed by atoms with Gasteiger partial charge >= 0.3 is 0 Å². The highest BCUT2D eigenvalue weighted by Gasteiger charge is 2.32. The summed E-state index contributed by atoms with van der Waals surface area (Å²) in [5.74, 6) is 0.452. The number of aliphatic hydroxyl groups is 1. The van der Waals surface area contributed by atoms with Crippen LogP contribution < -0.4 is 5.32 Å². The minimum Gasteiger partial charge on any atom is -0.421 e. The van der Waals surface area contributed by atoms with Crippen molar-refractivity contribution in [1.29, 1.82) is 0 Å². The van der Waals surface area contributed by atoms with Crippen LogP contribution in [-0.2, 0) is 6.42 Å². The van der Waals surface area contributed by atoms with Gasteiger partial charge in [-0.2, -0.15) is 0 Å². The summed E-state index contributed by atoms with van der Waals surface area (Å²) in [6.45, 7) is 1.70. The Labute approximate surface area is 144 Å². The molecule has 2 aromatic carbocycles. The van der Waals surface area contributed by atoms with Crippen LogP contribution in [0.4, 0.5) is 0 Å². The lowest BCUT2D eigenvalue weighted by molar-refractivity contribution is 0.0858. The molecule has 25 heavy (non-hydrogen) atoms. The number of carbonyl (C=O) groups is 1. The molecule has 0 radical (unpaired) electrons. The van der Waals surface area contributed by atoms with Crippen molar-refractivity contribution in [3.63, 3.8) is 0 Å². The maximum absolute atomic E-state index is 12.8. The smallest absolute Gasteiger partial charge is 0.252 e. The van der Waals surface area contributed by atoms with Gasteiger partial charge in [-0.3, -0.25) is 4.79 Å². The molecule has 126 valence electrons. The van der Waals surface area contributed by atoms with E-state index in [0.29, 0.717) is 29.3 Å². The van der Waals surface area contributed by atoms with Crippen LogP contribution in [0.1, 0.15) is 33.4 Å². The van der Waals surface area contributed by atoms with E-state index in [0.717, 1.165) is 11.1 Å². The summed E-state index contributed by atoms with van der Waals surface area (Å²) in [7, 11) is 0. The number of aromatic nitrogens is 2. The van der Waals surface area contributed by atoms with E-state index >= 15 is 0 Å². The molecule has 2 N–H and O–H groups in total. The number of aryl methyl sites for hydroxylation is 1. The molecular formula is C19H17N3O3. The van der Waals surface area contributed by atoms with Gasteiger partial charge < -0.3 is 14.8 Å². The Morgan fingerprint density at radius 2 is 1.92 bits per heavy atom. The van der Waals surface area contributed by atoms with E-state index < -0.39 is 12.1 Å². The fraction of sp³-hybridized carbons (Fsp3) is 0.211. The Morgan fingerprint density at radius 3 is 2.72 bits per heavy atom. The van der Waals surface area contributed by atoms with Crippen LogP contribution in [0.3, 0.4) is 0 Å². The monoisotopic (exact) mass is 335 g/mol. The predicted molar refractivity (Wildman–Crippen MR) is 90.8 cm³/mol. The van der Waals surface area contributed by atoms with Crippen LogP contribution in [0.15, 0.2) is 52.9 Å². The molecule has 4 rings (SSSR count). The maximum Gasteiger partial charge on any atom is 0.252 e. The molecule has 3 aromatic rings. The van der Waals surface area contributed by atoms with Crippen LogP contribution in [0.25, 0.3) is 11.5 Å². The van der Waals surface area contributed by atoms with Gasteiger partial charge in [0.05, 0.1) is 23.3 Å². The highest BCUT2D eigenvalue weighted by Crippen LogP contribution is 2.32. The molecule has 6 heteroatoms. The number of hydrogen-bond donors (Lipinski definition) is 2. The molecule has 0 spiro atoms. The van der Waals surface area contributed by atoms with Gasteiger partial charge in [0.1, 0.15) is 0 Å². The molecule has 1 aliphatic rings. The quantitative estimate of drug-likeness (QED) is 0.767. The van der Waals surface area contributed by atoms with Crippen molar-refractivity contribution >= 4 is 5.91 Å². The summed E-state index contributed by atoms with van der Waals surface area (Å²) in [4.78, 5) is 12.8. The number of amides is 1. The fourth-order valence-electron chi connectivity index (χ4n) is 3.24. The second kappa shape index (κ2) is 6.14. The van der Waals surface area contributed by atoms with Gasteiger partial charge in [-0.1, -0.05) is 36.4 Å². The average Bonchev–Trinajstić information content (AvgIpc) is 3.19. The lowest BCUT2D eigenvalue weighted by Gasteiger charge is -2.18. The van der Waals surface area contributed by atoms with Gasteiger partial charge in [0.15, 0.2) is 0 Å². The number of carbonyl (C=O) groups excluding carboxylic acids is 1. The molecule has 1 heterocycles. The minimum absolute atomic E-state index is 0.285.